The molecule has 4 N–H and O–H groups in total. The lowest BCUT2D eigenvalue weighted by atomic mass is 10.1. The van der Waals surface area contributed by atoms with Gasteiger partial charge in [0, 0.05) is 26.0 Å². The molecule has 176 valence electrons. The fourth-order valence-corrected chi connectivity index (χ4v) is 2.51. The number of carboxylic acid groups (broad SMARTS) is 2. The number of hydrogen-bond acceptors (Lipinski definition) is 7. The molecule has 0 aliphatic heterocycles. The molecule has 0 spiro atoms. The Kier molecular flexibility index (Phi) is 12.7. The molecule has 0 aromatic heterocycles. The van der Waals surface area contributed by atoms with E-state index in [0.29, 0.717) is 12.0 Å². The van der Waals surface area contributed by atoms with Gasteiger partial charge < -0.3 is 30.3 Å². The van der Waals surface area contributed by atoms with E-state index >= 15 is 0 Å². The number of nitrogens with one attached hydrogen (secondary N) is 2. The van der Waals surface area contributed by atoms with Crippen LogP contribution in [0.3, 0.4) is 0 Å². The number of esters is 1. The summed E-state index contributed by atoms with van der Waals surface area (Å²) in [4.78, 5) is 57.1. The quantitative estimate of drug-likeness (QED) is 0.207. The minimum Gasteiger partial charge on any atom is -0.481 e. The molecule has 0 fully saturated rings. The van der Waals surface area contributed by atoms with Gasteiger partial charge >= 0.3 is 17.9 Å². The van der Waals surface area contributed by atoms with Crippen molar-refractivity contribution in [2.45, 2.75) is 38.1 Å². The summed E-state index contributed by atoms with van der Waals surface area (Å²) in [6.07, 6.45) is -0.419. The van der Waals surface area contributed by atoms with Gasteiger partial charge in [-0.15, -0.1) is 0 Å². The van der Waals surface area contributed by atoms with E-state index in [9.17, 15) is 24.0 Å². The Morgan fingerprint density at radius 1 is 0.875 bits per heavy atom. The monoisotopic (exact) mass is 452 g/mol. The summed E-state index contributed by atoms with van der Waals surface area (Å²) in [6, 6.07) is 7.27. The second-order valence-electron chi connectivity index (χ2n) is 6.72. The van der Waals surface area contributed by atoms with Crippen LogP contribution in [0.1, 0.15) is 42.5 Å². The predicted molar refractivity (Wildman–Crippen MR) is 111 cm³/mol. The zero-order valence-corrected chi connectivity index (χ0v) is 17.6. The molecule has 11 heteroatoms. The lowest BCUT2D eigenvalue weighted by Gasteiger charge is -2.17. The van der Waals surface area contributed by atoms with E-state index in [2.05, 4.69) is 10.6 Å². The number of rotatable bonds is 16. The van der Waals surface area contributed by atoms with Crippen molar-refractivity contribution < 1.29 is 43.7 Å². The van der Waals surface area contributed by atoms with Crippen molar-refractivity contribution in [3.05, 3.63) is 35.9 Å². The highest BCUT2D eigenvalue weighted by Crippen LogP contribution is 2.01. The standard InChI is InChI=1S/C21H28N2O9/c24-17(8-4-9-18(25)26)23-16(14-19(27)28)20(29)22-10-5-11-31-12-13-32-21(30)15-6-2-1-3-7-15/h1-3,6-7,16H,4-5,8-14H2,(H,22,29)(H,23,24)(H,25,26)(H,27,28). The van der Waals surface area contributed by atoms with Crippen LogP contribution in [0.15, 0.2) is 30.3 Å². The predicted octanol–water partition coefficient (Wildman–Crippen LogP) is 0.581. The molecule has 2 amide bonds. The first-order valence-corrected chi connectivity index (χ1v) is 10.1. The molecule has 0 aliphatic rings. The molecule has 0 saturated carbocycles. The van der Waals surface area contributed by atoms with Gasteiger partial charge in [-0.25, -0.2) is 4.79 Å². The molecular formula is C21H28N2O9. The third-order valence-electron chi connectivity index (χ3n) is 4.06. The van der Waals surface area contributed by atoms with Gasteiger partial charge in [-0.1, -0.05) is 18.2 Å². The number of hydrogen-bond donors (Lipinski definition) is 4. The van der Waals surface area contributed by atoms with E-state index in [1.807, 2.05) is 0 Å². The van der Waals surface area contributed by atoms with E-state index in [1.54, 1.807) is 30.3 Å². The molecule has 0 aliphatic carbocycles. The van der Waals surface area contributed by atoms with Crippen LogP contribution < -0.4 is 10.6 Å². The van der Waals surface area contributed by atoms with E-state index in [-0.39, 0.29) is 45.6 Å². The second-order valence-corrected chi connectivity index (χ2v) is 6.72. The Balaban J connectivity index is 2.20. The molecule has 1 rings (SSSR count). The molecule has 0 bridgehead atoms. The van der Waals surface area contributed by atoms with Crippen molar-refractivity contribution in [2.75, 3.05) is 26.4 Å². The highest BCUT2D eigenvalue weighted by Gasteiger charge is 2.23. The molecule has 1 atom stereocenters. The summed E-state index contributed by atoms with van der Waals surface area (Å²) >= 11 is 0. The van der Waals surface area contributed by atoms with Gasteiger partial charge in [0.2, 0.25) is 11.8 Å². The maximum atomic E-state index is 12.2. The summed E-state index contributed by atoms with van der Waals surface area (Å²) in [7, 11) is 0. The van der Waals surface area contributed by atoms with Crippen LogP contribution in [-0.2, 0) is 28.7 Å². The average molecular weight is 452 g/mol. The Morgan fingerprint density at radius 2 is 1.59 bits per heavy atom. The molecule has 32 heavy (non-hydrogen) atoms. The van der Waals surface area contributed by atoms with Gasteiger partial charge in [0.25, 0.3) is 0 Å². The lowest BCUT2D eigenvalue weighted by Crippen LogP contribution is -2.48. The van der Waals surface area contributed by atoms with Crippen LogP contribution in [0.25, 0.3) is 0 Å². The van der Waals surface area contributed by atoms with Gasteiger partial charge in [0.1, 0.15) is 12.6 Å². The minimum atomic E-state index is -1.26. The highest BCUT2D eigenvalue weighted by molar-refractivity contribution is 5.90. The van der Waals surface area contributed by atoms with Crippen molar-refractivity contribution in [2.24, 2.45) is 0 Å². The average Bonchev–Trinajstić information content (AvgIpc) is 2.74. The Morgan fingerprint density at radius 3 is 2.25 bits per heavy atom. The van der Waals surface area contributed by atoms with Crippen LogP contribution in [0.5, 0.6) is 0 Å². The van der Waals surface area contributed by atoms with Crippen LogP contribution in [-0.4, -0.2) is 72.3 Å². The molecule has 1 aromatic carbocycles. The Labute approximate surface area is 185 Å². The van der Waals surface area contributed by atoms with E-state index in [1.165, 1.54) is 0 Å². The zero-order valence-electron chi connectivity index (χ0n) is 17.6. The molecule has 0 radical (unpaired) electrons. The largest absolute Gasteiger partial charge is 0.481 e. The van der Waals surface area contributed by atoms with Crippen molar-refractivity contribution in [3.63, 3.8) is 0 Å². The van der Waals surface area contributed by atoms with E-state index in [4.69, 9.17) is 19.7 Å². The lowest BCUT2D eigenvalue weighted by molar-refractivity contribution is -0.140. The van der Waals surface area contributed by atoms with Crippen LogP contribution in [0, 0.1) is 0 Å². The van der Waals surface area contributed by atoms with Gasteiger partial charge in [-0.2, -0.15) is 0 Å². The number of carboxylic acids is 2. The second kappa shape index (κ2) is 15.3. The van der Waals surface area contributed by atoms with Crippen molar-refractivity contribution in [1.29, 1.82) is 0 Å². The number of carbonyl (C=O) groups is 5. The SMILES string of the molecule is O=C(O)CCCC(=O)NC(CC(=O)O)C(=O)NCCCOCCOC(=O)c1ccccc1. The van der Waals surface area contributed by atoms with E-state index in [0.717, 1.165) is 0 Å². The van der Waals surface area contributed by atoms with Gasteiger partial charge in [-0.05, 0) is 25.0 Å². The fourth-order valence-electron chi connectivity index (χ4n) is 2.51. The number of amides is 2. The summed E-state index contributed by atoms with van der Waals surface area (Å²) in [5.41, 5.74) is 0.445. The van der Waals surface area contributed by atoms with Crippen molar-refractivity contribution in [1.82, 2.24) is 10.6 Å². The third kappa shape index (κ3) is 12.3. The van der Waals surface area contributed by atoms with Gasteiger partial charge in [-0.3, -0.25) is 19.2 Å². The van der Waals surface area contributed by atoms with Crippen molar-refractivity contribution in [3.8, 4) is 0 Å². The first-order valence-electron chi connectivity index (χ1n) is 10.1. The van der Waals surface area contributed by atoms with Crippen LogP contribution in [0.2, 0.25) is 0 Å². The normalized spacial score (nSPS) is 11.2. The van der Waals surface area contributed by atoms with Crippen LogP contribution >= 0.6 is 0 Å². The van der Waals surface area contributed by atoms with E-state index < -0.39 is 42.2 Å². The van der Waals surface area contributed by atoms with Crippen molar-refractivity contribution >= 4 is 29.7 Å². The first kappa shape index (κ1) is 26.6. The summed E-state index contributed by atoms with van der Waals surface area (Å²) in [5, 5.41) is 22.3. The number of ether oxygens (including phenoxy) is 2. The third-order valence-corrected chi connectivity index (χ3v) is 4.06. The van der Waals surface area contributed by atoms with Gasteiger partial charge in [0.05, 0.1) is 18.6 Å². The topological polar surface area (TPSA) is 168 Å². The first-order chi connectivity index (χ1) is 15.3. The molecular weight excluding hydrogens is 424 g/mol. The minimum absolute atomic E-state index is 0.0781. The molecule has 1 unspecified atom stereocenters. The van der Waals surface area contributed by atoms with Gasteiger partial charge in [0.15, 0.2) is 0 Å². The maximum Gasteiger partial charge on any atom is 0.338 e. The summed E-state index contributed by atoms with van der Waals surface area (Å²) in [6.45, 7) is 0.719. The highest BCUT2D eigenvalue weighted by atomic mass is 16.6. The zero-order chi connectivity index (χ0) is 23.8. The molecule has 0 heterocycles. The smallest absolute Gasteiger partial charge is 0.338 e. The fraction of sp³-hybridized carbons (Fsp3) is 0.476. The summed E-state index contributed by atoms with van der Waals surface area (Å²) in [5.74, 6) is -4.01. The molecule has 1 aromatic rings. The molecule has 0 saturated heterocycles. The number of carbonyl (C=O) groups excluding carboxylic acids is 3. The Bertz CT molecular complexity index is 768. The molecule has 11 nitrogen and oxygen atoms in total. The van der Waals surface area contributed by atoms with Crippen LogP contribution in [0.4, 0.5) is 0 Å². The summed E-state index contributed by atoms with van der Waals surface area (Å²) < 4.78 is 10.4. The number of aliphatic carboxylic acids is 2. The maximum absolute atomic E-state index is 12.2. The number of benzene rings is 1. The Hall–Kier alpha value is -3.47.